The first-order valence-electron chi connectivity index (χ1n) is 3.83. The monoisotopic (exact) mass is 177 g/mol. The van der Waals surface area contributed by atoms with E-state index >= 15 is 0 Å². The highest BCUT2D eigenvalue weighted by molar-refractivity contribution is 5.31. The van der Waals surface area contributed by atoms with Crippen LogP contribution in [0.1, 0.15) is 5.69 Å². The Morgan fingerprint density at radius 1 is 1.62 bits per heavy atom. The number of nitrogens with zero attached hydrogens (tertiary/aromatic N) is 2. The molecule has 0 aromatic carbocycles. The predicted molar refractivity (Wildman–Crippen MR) is 50.6 cm³/mol. The van der Waals surface area contributed by atoms with Gasteiger partial charge >= 0.3 is 0 Å². The number of aromatic nitrogens is 2. The molecule has 4 nitrogen and oxygen atoms in total. The Kier molecular flexibility index (Phi) is 3.09. The van der Waals surface area contributed by atoms with Gasteiger partial charge in [0, 0.05) is 11.8 Å². The maximum atomic E-state index is 5.09. The molecule has 0 saturated heterocycles. The number of terminal acetylenes is 1. The zero-order chi connectivity index (χ0) is 9.68. The van der Waals surface area contributed by atoms with Gasteiger partial charge in [0.15, 0.2) is 0 Å². The van der Waals surface area contributed by atoms with Crippen LogP contribution in [0.25, 0.3) is 0 Å². The third-order valence-corrected chi connectivity index (χ3v) is 1.39. The molecule has 0 unspecified atom stereocenters. The number of nitrogens with one attached hydrogen (secondary N) is 1. The van der Waals surface area contributed by atoms with Gasteiger partial charge in [0.1, 0.15) is 0 Å². The smallest absolute Gasteiger partial charge is 0.226 e. The van der Waals surface area contributed by atoms with Gasteiger partial charge in [0.2, 0.25) is 11.8 Å². The molecule has 0 atom stereocenters. The molecule has 0 radical (unpaired) electrons. The van der Waals surface area contributed by atoms with Gasteiger partial charge in [-0.05, 0) is 6.92 Å². The Hall–Kier alpha value is -1.76. The standard InChI is InChI=1S/C9H11N3O/c1-4-5-10-9-11-7(2)6-8(12-9)13-3/h1,6H,5H2,2-3H3,(H,10,11,12). The molecular weight excluding hydrogens is 166 g/mol. The summed E-state index contributed by atoms with van der Waals surface area (Å²) in [6, 6.07) is 1.75. The molecule has 0 spiro atoms. The second-order valence-corrected chi connectivity index (χ2v) is 2.43. The van der Waals surface area contributed by atoms with Crippen molar-refractivity contribution in [2.24, 2.45) is 0 Å². The van der Waals surface area contributed by atoms with Crippen LogP contribution < -0.4 is 10.1 Å². The van der Waals surface area contributed by atoms with E-state index in [4.69, 9.17) is 11.2 Å². The Balaban J connectivity index is 2.83. The van der Waals surface area contributed by atoms with E-state index in [0.29, 0.717) is 18.4 Å². The molecule has 1 rings (SSSR count). The van der Waals surface area contributed by atoms with Crippen molar-refractivity contribution in [3.63, 3.8) is 0 Å². The van der Waals surface area contributed by atoms with Crippen molar-refractivity contribution in [1.29, 1.82) is 0 Å². The lowest BCUT2D eigenvalue weighted by Crippen LogP contribution is -2.05. The van der Waals surface area contributed by atoms with E-state index in [0.717, 1.165) is 5.69 Å². The van der Waals surface area contributed by atoms with Crippen molar-refractivity contribution >= 4 is 5.95 Å². The zero-order valence-electron chi connectivity index (χ0n) is 7.66. The Bertz CT molecular complexity index is 330. The van der Waals surface area contributed by atoms with Crippen molar-refractivity contribution in [1.82, 2.24) is 9.97 Å². The van der Waals surface area contributed by atoms with Gasteiger partial charge in [0.25, 0.3) is 0 Å². The van der Waals surface area contributed by atoms with Crippen LogP contribution in [-0.2, 0) is 0 Å². The van der Waals surface area contributed by atoms with Crippen LogP contribution in [0, 0.1) is 19.3 Å². The lowest BCUT2D eigenvalue weighted by atomic mass is 10.4. The van der Waals surface area contributed by atoms with Gasteiger partial charge in [0.05, 0.1) is 13.7 Å². The molecule has 0 saturated carbocycles. The third-order valence-electron chi connectivity index (χ3n) is 1.39. The minimum atomic E-state index is 0.409. The molecule has 0 bridgehead atoms. The highest BCUT2D eigenvalue weighted by Gasteiger charge is 1.99. The molecule has 1 heterocycles. The molecule has 0 aliphatic heterocycles. The van der Waals surface area contributed by atoms with Crippen LogP contribution >= 0.6 is 0 Å². The lowest BCUT2D eigenvalue weighted by molar-refractivity contribution is 0.397. The fourth-order valence-electron chi connectivity index (χ4n) is 0.853. The SMILES string of the molecule is C#CCNc1nc(C)cc(OC)n1. The highest BCUT2D eigenvalue weighted by atomic mass is 16.5. The van der Waals surface area contributed by atoms with Crippen LogP contribution in [-0.4, -0.2) is 23.6 Å². The van der Waals surface area contributed by atoms with Gasteiger partial charge in [-0.3, -0.25) is 0 Å². The van der Waals surface area contributed by atoms with Crippen LogP contribution in [0.15, 0.2) is 6.07 Å². The number of methoxy groups -OCH3 is 1. The van der Waals surface area contributed by atoms with E-state index in [1.54, 1.807) is 13.2 Å². The Labute approximate surface area is 77.4 Å². The molecule has 0 fully saturated rings. The minimum absolute atomic E-state index is 0.409. The van der Waals surface area contributed by atoms with Gasteiger partial charge in [-0.15, -0.1) is 6.42 Å². The highest BCUT2D eigenvalue weighted by Crippen LogP contribution is 2.10. The number of rotatable bonds is 3. The maximum absolute atomic E-state index is 5.09. The van der Waals surface area contributed by atoms with E-state index in [9.17, 15) is 0 Å². The second kappa shape index (κ2) is 4.31. The molecule has 0 aliphatic carbocycles. The summed E-state index contributed by atoms with van der Waals surface area (Å²) in [6.07, 6.45) is 5.09. The van der Waals surface area contributed by atoms with Crippen molar-refractivity contribution in [3.05, 3.63) is 11.8 Å². The normalized spacial score (nSPS) is 9.00. The average Bonchev–Trinajstić information content (AvgIpc) is 2.14. The van der Waals surface area contributed by atoms with Gasteiger partial charge in [-0.2, -0.15) is 4.98 Å². The van der Waals surface area contributed by atoms with Crippen molar-refractivity contribution in [2.75, 3.05) is 19.0 Å². The third kappa shape index (κ3) is 2.64. The molecular formula is C9H11N3O. The maximum Gasteiger partial charge on any atom is 0.226 e. The summed E-state index contributed by atoms with van der Waals surface area (Å²) in [5.41, 5.74) is 0.839. The lowest BCUT2D eigenvalue weighted by Gasteiger charge is -2.04. The van der Waals surface area contributed by atoms with Crippen LogP contribution in [0.2, 0.25) is 0 Å². The molecule has 0 aliphatic rings. The number of anilines is 1. The Morgan fingerprint density at radius 3 is 3.00 bits per heavy atom. The quantitative estimate of drug-likeness (QED) is 0.695. The summed E-state index contributed by atoms with van der Waals surface area (Å²) in [6.45, 7) is 2.28. The van der Waals surface area contributed by atoms with E-state index < -0.39 is 0 Å². The molecule has 1 aromatic heterocycles. The topological polar surface area (TPSA) is 47.0 Å². The average molecular weight is 177 g/mol. The first-order valence-corrected chi connectivity index (χ1v) is 3.83. The van der Waals surface area contributed by atoms with Crippen LogP contribution in [0.3, 0.4) is 0 Å². The van der Waals surface area contributed by atoms with Gasteiger partial charge in [-0.25, -0.2) is 4.98 Å². The first-order chi connectivity index (χ1) is 6.26. The van der Waals surface area contributed by atoms with Crippen molar-refractivity contribution in [2.45, 2.75) is 6.92 Å². The largest absolute Gasteiger partial charge is 0.481 e. The van der Waals surface area contributed by atoms with Gasteiger partial charge < -0.3 is 10.1 Å². The summed E-state index contributed by atoms with van der Waals surface area (Å²) in [4.78, 5) is 8.17. The van der Waals surface area contributed by atoms with E-state index in [1.807, 2.05) is 6.92 Å². The molecule has 13 heavy (non-hydrogen) atoms. The minimum Gasteiger partial charge on any atom is -0.481 e. The molecule has 68 valence electrons. The van der Waals surface area contributed by atoms with Gasteiger partial charge in [-0.1, -0.05) is 5.92 Å². The summed E-state index contributed by atoms with van der Waals surface area (Å²) in [5.74, 6) is 3.47. The fourth-order valence-corrected chi connectivity index (χ4v) is 0.853. The molecule has 1 aromatic rings. The molecule has 4 heteroatoms. The van der Waals surface area contributed by atoms with Crippen molar-refractivity contribution in [3.8, 4) is 18.2 Å². The van der Waals surface area contributed by atoms with Crippen molar-refractivity contribution < 1.29 is 4.74 Å². The van der Waals surface area contributed by atoms with E-state index in [-0.39, 0.29) is 0 Å². The predicted octanol–water partition coefficient (Wildman–Crippen LogP) is 0.839. The van der Waals surface area contributed by atoms with Crippen LogP contribution in [0.5, 0.6) is 5.88 Å². The summed E-state index contributed by atoms with van der Waals surface area (Å²) in [5, 5.41) is 2.87. The second-order valence-electron chi connectivity index (χ2n) is 2.43. The summed E-state index contributed by atoms with van der Waals surface area (Å²) >= 11 is 0. The summed E-state index contributed by atoms with van der Waals surface area (Å²) in [7, 11) is 1.56. The Morgan fingerprint density at radius 2 is 2.38 bits per heavy atom. The van der Waals surface area contributed by atoms with E-state index in [2.05, 4.69) is 21.2 Å². The zero-order valence-corrected chi connectivity index (χ0v) is 7.66. The number of hydrogen-bond acceptors (Lipinski definition) is 4. The number of aryl methyl sites for hydroxylation is 1. The number of hydrogen-bond donors (Lipinski definition) is 1. The molecule has 1 N–H and O–H groups in total. The number of ether oxygens (including phenoxy) is 1. The fraction of sp³-hybridized carbons (Fsp3) is 0.333. The van der Waals surface area contributed by atoms with E-state index in [1.165, 1.54) is 0 Å². The molecule has 0 amide bonds. The summed E-state index contributed by atoms with van der Waals surface area (Å²) < 4.78 is 4.97. The van der Waals surface area contributed by atoms with Crippen LogP contribution in [0.4, 0.5) is 5.95 Å². The first kappa shape index (κ1) is 9.33.